The van der Waals surface area contributed by atoms with Crippen LogP contribution in [0.4, 0.5) is 5.69 Å². The van der Waals surface area contributed by atoms with Crippen LogP contribution >= 0.6 is 11.8 Å². The summed E-state index contributed by atoms with van der Waals surface area (Å²) in [6, 6.07) is 18.1. The molecule has 0 spiro atoms. The Morgan fingerprint density at radius 2 is 1.81 bits per heavy atom. The zero-order valence-electron chi connectivity index (χ0n) is 17.9. The highest BCUT2D eigenvalue weighted by atomic mass is 32.2. The highest BCUT2D eigenvalue weighted by molar-refractivity contribution is 7.99. The van der Waals surface area contributed by atoms with Crippen molar-refractivity contribution in [1.82, 2.24) is 14.6 Å². The van der Waals surface area contributed by atoms with Gasteiger partial charge in [-0.1, -0.05) is 48.2 Å². The number of hydrogen-bond donors (Lipinski definition) is 1. The lowest BCUT2D eigenvalue weighted by Crippen LogP contribution is -2.14. The van der Waals surface area contributed by atoms with Crippen molar-refractivity contribution >= 4 is 38.7 Å². The number of aromatic nitrogens is 3. The van der Waals surface area contributed by atoms with Crippen molar-refractivity contribution in [3.05, 3.63) is 71.9 Å². The molecule has 0 saturated carbocycles. The number of sulfone groups is 1. The highest BCUT2D eigenvalue weighted by Crippen LogP contribution is 2.31. The fourth-order valence-corrected chi connectivity index (χ4v) is 4.84. The van der Waals surface area contributed by atoms with Crippen molar-refractivity contribution in [2.75, 3.05) is 17.3 Å². The van der Waals surface area contributed by atoms with Crippen molar-refractivity contribution in [3.8, 4) is 11.3 Å². The third-order valence-electron chi connectivity index (χ3n) is 4.81. The van der Waals surface area contributed by atoms with Gasteiger partial charge in [-0.15, -0.1) is 0 Å². The minimum Gasteiger partial charge on any atom is -0.325 e. The van der Waals surface area contributed by atoms with Gasteiger partial charge in [-0.3, -0.25) is 4.79 Å². The fraction of sp³-hybridized carbons (Fsp3) is 0.174. The van der Waals surface area contributed by atoms with E-state index in [1.54, 1.807) is 16.6 Å². The number of nitrogens with one attached hydrogen (secondary N) is 1. The van der Waals surface area contributed by atoms with E-state index in [2.05, 4.69) is 10.4 Å². The number of aryl methyl sites for hydroxylation is 2. The van der Waals surface area contributed by atoms with Crippen LogP contribution in [0.2, 0.25) is 0 Å². The van der Waals surface area contributed by atoms with Gasteiger partial charge in [-0.05, 0) is 43.7 Å². The van der Waals surface area contributed by atoms with Gasteiger partial charge in [0.1, 0.15) is 0 Å². The molecule has 4 aromatic rings. The lowest BCUT2D eigenvalue weighted by Gasteiger charge is -2.07. The molecule has 2 aromatic heterocycles. The quantitative estimate of drug-likeness (QED) is 0.429. The van der Waals surface area contributed by atoms with Crippen LogP contribution < -0.4 is 5.32 Å². The molecule has 0 radical (unpaired) electrons. The van der Waals surface area contributed by atoms with Crippen LogP contribution in [0.1, 0.15) is 11.3 Å². The Morgan fingerprint density at radius 1 is 1.06 bits per heavy atom. The van der Waals surface area contributed by atoms with Crippen LogP contribution in [0, 0.1) is 13.8 Å². The van der Waals surface area contributed by atoms with Gasteiger partial charge in [-0.2, -0.15) is 5.10 Å². The molecular weight excluding hydrogens is 444 g/mol. The first kappa shape index (κ1) is 22.0. The largest absolute Gasteiger partial charge is 0.325 e. The molecule has 0 aliphatic heterocycles. The highest BCUT2D eigenvalue weighted by Gasteiger charge is 2.18. The van der Waals surface area contributed by atoms with Crippen LogP contribution in [-0.4, -0.2) is 40.9 Å². The molecule has 2 heterocycles. The second-order valence-corrected chi connectivity index (χ2v) is 10.4. The van der Waals surface area contributed by atoms with E-state index in [4.69, 9.17) is 4.98 Å². The van der Waals surface area contributed by atoms with Gasteiger partial charge in [-0.25, -0.2) is 17.9 Å². The minimum absolute atomic E-state index is 0.102. The molecular formula is C23H22N4O3S2. The van der Waals surface area contributed by atoms with Crippen molar-refractivity contribution in [2.45, 2.75) is 23.9 Å². The van der Waals surface area contributed by atoms with Crippen molar-refractivity contribution in [2.24, 2.45) is 0 Å². The van der Waals surface area contributed by atoms with Crippen molar-refractivity contribution < 1.29 is 13.2 Å². The first-order chi connectivity index (χ1) is 15.2. The van der Waals surface area contributed by atoms with Gasteiger partial charge in [0.2, 0.25) is 5.91 Å². The number of fused-ring (bicyclic) bond motifs is 1. The molecule has 0 aliphatic carbocycles. The van der Waals surface area contributed by atoms with E-state index in [-0.39, 0.29) is 16.6 Å². The van der Waals surface area contributed by atoms with Crippen molar-refractivity contribution in [3.63, 3.8) is 0 Å². The first-order valence-corrected chi connectivity index (χ1v) is 12.8. The number of anilines is 1. The van der Waals surface area contributed by atoms with Gasteiger partial charge >= 0.3 is 0 Å². The summed E-state index contributed by atoms with van der Waals surface area (Å²) in [7, 11) is -3.35. The molecule has 9 heteroatoms. The maximum Gasteiger partial charge on any atom is 0.234 e. The summed E-state index contributed by atoms with van der Waals surface area (Å²) in [5.41, 5.74) is 5.05. The second-order valence-electron chi connectivity index (χ2n) is 7.48. The number of hydrogen-bond acceptors (Lipinski definition) is 6. The number of carbonyl (C=O) groups is 1. The number of carbonyl (C=O) groups excluding carboxylic acids is 1. The molecule has 0 saturated heterocycles. The van der Waals surface area contributed by atoms with Crippen LogP contribution in [0.5, 0.6) is 0 Å². The summed E-state index contributed by atoms with van der Waals surface area (Å²) in [6.45, 7) is 3.94. The number of benzene rings is 2. The molecule has 7 nitrogen and oxygen atoms in total. The summed E-state index contributed by atoms with van der Waals surface area (Å²) in [5, 5.41) is 7.99. The van der Waals surface area contributed by atoms with Gasteiger partial charge in [0.15, 0.2) is 15.0 Å². The minimum atomic E-state index is -3.35. The van der Waals surface area contributed by atoms with E-state index in [9.17, 15) is 13.2 Å². The number of imidazole rings is 1. The van der Waals surface area contributed by atoms with Gasteiger partial charge < -0.3 is 5.32 Å². The zero-order valence-corrected chi connectivity index (χ0v) is 19.5. The van der Waals surface area contributed by atoms with E-state index in [1.807, 2.05) is 50.2 Å². The predicted molar refractivity (Wildman–Crippen MR) is 127 cm³/mol. The standard InChI is InChI=1S/C23H22N4O3S2/c1-15-12-16(2)26-27-22(15)21(17-8-5-4-6-9-17)25-23(27)31-14-20(28)24-18-10-7-11-19(13-18)32(3,29)30/h4-13H,14H2,1-3H3,(H,24,28). The first-order valence-electron chi connectivity index (χ1n) is 9.87. The molecule has 2 aromatic carbocycles. The van der Waals surface area contributed by atoms with E-state index in [1.165, 1.54) is 23.9 Å². The van der Waals surface area contributed by atoms with E-state index < -0.39 is 9.84 Å². The van der Waals surface area contributed by atoms with Crippen LogP contribution in [0.3, 0.4) is 0 Å². The molecule has 32 heavy (non-hydrogen) atoms. The lowest BCUT2D eigenvalue weighted by atomic mass is 10.1. The van der Waals surface area contributed by atoms with Crippen LogP contribution in [0.25, 0.3) is 16.8 Å². The Hall–Kier alpha value is -3.17. The normalized spacial score (nSPS) is 11.6. The summed E-state index contributed by atoms with van der Waals surface area (Å²) >= 11 is 1.28. The summed E-state index contributed by atoms with van der Waals surface area (Å²) in [6.07, 6.45) is 1.13. The average molecular weight is 467 g/mol. The molecule has 1 amide bonds. The molecule has 0 atom stereocenters. The number of amides is 1. The summed E-state index contributed by atoms with van der Waals surface area (Å²) < 4.78 is 25.3. The Balaban J connectivity index is 1.59. The Morgan fingerprint density at radius 3 is 2.53 bits per heavy atom. The van der Waals surface area contributed by atoms with Gasteiger partial charge in [0.25, 0.3) is 0 Å². The fourth-order valence-electron chi connectivity index (χ4n) is 3.43. The summed E-state index contributed by atoms with van der Waals surface area (Å²) in [5.74, 6) is -0.159. The molecule has 0 fully saturated rings. The summed E-state index contributed by atoms with van der Waals surface area (Å²) in [4.78, 5) is 17.5. The molecule has 0 aliphatic rings. The third kappa shape index (κ3) is 4.68. The molecule has 4 rings (SSSR count). The van der Waals surface area contributed by atoms with Gasteiger partial charge in [0, 0.05) is 17.5 Å². The maximum absolute atomic E-state index is 12.6. The predicted octanol–water partition coefficient (Wildman–Crippen LogP) is 4.15. The topological polar surface area (TPSA) is 93.4 Å². The SMILES string of the molecule is Cc1cc(C)c2c(-c3ccccc3)nc(SCC(=O)Nc3cccc(S(C)(=O)=O)c3)n2n1. The molecule has 0 unspecified atom stereocenters. The molecule has 1 N–H and O–H groups in total. The number of rotatable bonds is 6. The zero-order chi connectivity index (χ0) is 22.9. The van der Waals surface area contributed by atoms with E-state index in [0.29, 0.717) is 10.8 Å². The Kier molecular flexibility index (Phi) is 6.03. The lowest BCUT2D eigenvalue weighted by molar-refractivity contribution is -0.113. The van der Waals surface area contributed by atoms with Crippen molar-refractivity contribution in [1.29, 1.82) is 0 Å². The second kappa shape index (κ2) is 8.76. The maximum atomic E-state index is 12.6. The Bertz CT molecular complexity index is 1410. The Labute approximate surface area is 190 Å². The van der Waals surface area contributed by atoms with Crippen LogP contribution in [-0.2, 0) is 14.6 Å². The monoisotopic (exact) mass is 466 g/mol. The van der Waals surface area contributed by atoms with E-state index in [0.717, 1.165) is 34.3 Å². The van der Waals surface area contributed by atoms with Crippen LogP contribution in [0.15, 0.2) is 70.7 Å². The molecule has 164 valence electrons. The molecule has 0 bridgehead atoms. The van der Waals surface area contributed by atoms with E-state index >= 15 is 0 Å². The smallest absolute Gasteiger partial charge is 0.234 e. The number of thioether (sulfide) groups is 1. The number of nitrogens with zero attached hydrogens (tertiary/aromatic N) is 3. The third-order valence-corrected chi connectivity index (χ3v) is 6.85. The van der Waals surface area contributed by atoms with Gasteiger partial charge in [0.05, 0.1) is 27.6 Å². The average Bonchev–Trinajstić information content (AvgIpc) is 3.11.